The van der Waals surface area contributed by atoms with Gasteiger partial charge < -0.3 is 10.3 Å². The minimum atomic E-state index is 0.723. The van der Waals surface area contributed by atoms with E-state index in [4.69, 9.17) is 0 Å². The van der Waals surface area contributed by atoms with Crippen LogP contribution in [0.4, 0.5) is 0 Å². The molecular weight excluding hydrogens is 188 g/mol. The molecule has 0 spiro atoms. The Bertz CT molecular complexity index is 308. The van der Waals surface area contributed by atoms with Crippen molar-refractivity contribution < 1.29 is 0 Å². The predicted octanol–water partition coefficient (Wildman–Crippen LogP) is 0.736. The van der Waals surface area contributed by atoms with E-state index in [1.807, 2.05) is 6.20 Å². The highest BCUT2D eigenvalue weighted by Crippen LogP contribution is 2.21. The molecule has 1 aromatic heterocycles. The molecule has 0 saturated carbocycles. The smallest absolute Gasteiger partial charge is 0.0922 e. The van der Waals surface area contributed by atoms with Crippen molar-refractivity contribution in [2.75, 3.05) is 13.1 Å². The first kappa shape index (κ1) is 9.36. The van der Waals surface area contributed by atoms with E-state index in [-0.39, 0.29) is 0 Å². The molecule has 2 saturated heterocycles. The number of nitrogens with zero attached hydrogens (tertiary/aromatic N) is 2. The second-order valence-electron chi connectivity index (χ2n) is 4.74. The van der Waals surface area contributed by atoms with Crippen molar-refractivity contribution in [1.82, 2.24) is 20.2 Å². The van der Waals surface area contributed by atoms with Crippen LogP contribution in [-0.4, -0.2) is 40.0 Å². The molecule has 0 aliphatic carbocycles. The number of H-pyrrole nitrogens is 1. The molecule has 0 aromatic carbocycles. The fraction of sp³-hybridized carbons (Fsp3) is 0.727. The van der Waals surface area contributed by atoms with E-state index in [1.165, 1.54) is 38.0 Å². The van der Waals surface area contributed by atoms with Gasteiger partial charge in [-0.2, -0.15) is 0 Å². The number of fused-ring (bicyclic) bond motifs is 2. The Morgan fingerprint density at radius 1 is 1.33 bits per heavy atom. The zero-order valence-electron chi connectivity index (χ0n) is 8.95. The summed E-state index contributed by atoms with van der Waals surface area (Å²) in [5.74, 6) is 0. The Hall–Kier alpha value is -0.870. The summed E-state index contributed by atoms with van der Waals surface area (Å²) in [7, 11) is 0. The molecule has 2 N–H and O–H groups in total. The van der Waals surface area contributed by atoms with Gasteiger partial charge in [0.2, 0.25) is 0 Å². The van der Waals surface area contributed by atoms with Crippen LogP contribution in [-0.2, 0) is 6.54 Å². The lowest BCUT2D eigenvalue weighted by molar-refractivity contribution is 0.248. The quantitative estimate of drug-likeness (QED) is 0.750. The van der Waals surface area contributed by atoms with Gasteiger partial charge in [-0.3, -0.25) is 4.90 Å². The molecule has 2 aliphatic rings. The molecule has 2 aliphatic heterocycles. The summed E-state index contributed by atoms with van der Waals surface area (Å²) >= 11 is 0. The summed E-state index contributed by atoms with van der Waals surface area (Å²) in [6.45, 7) is 3.42. The fourth-order valence-corrected chi connectivity index (χ4v) is 2.77. The summed E-state index contributed by atoms with van der Waals surface area (Å²) in [5.41, 5.74) is 1.23. The van der Waals surface area contributed by atoms with Crippen LogP contribution < -0.4 is 5.32 Å². The molecule has 4 heteroatoms. The molecule has 0 amide bonds. The minimum Gasteiger partial charge on any atom is -0.347 e. The number of rotatable bonds is 2. The van der Waals surface area contributed by atoms with Crippen molar-refractivity contribution in [1.29, 1.82) is 0 Å². The van der Waals surface area contributed by atoms with Gasteiger partial charge in [0.15, 0.2) is 0 Å². The van der Waals surface area contributed by atoms with Gasteiger partial charge in [-0.05, 0) is 19.3 Å². The average Bonchev–Trinajstić information content (AvgIpc) is 2.80. The minimum absolute atomic E-state index is 0.723. The highest BCUT2D eigenvalue weighted by atomic mass is 15.2. The van der Waals surface area contributed by atoms with Crippen LogP contribution in [0, 0.1) is 0 Å². The monoisotopic (exact) mass is 206 g/mol. The highest BCUT2D eigenvalue weighted by molar-refractivity contribution is 4.96. The maximum absolute atomic E-state index is 4.06. The normalized spacial score (nSPS) is 31.7. The average molecular weight is 206 g/mol. The standard InChI is InChI=1S/C11H18N4/c1-2-10-6-15(4-3-9(1)14-10)7-11-5-12-8-13-11/h5,8-10,14H,1-4,6-7H2,(H,12,13). The van der Waals surface area contributed by atoms with Gasteiger partial charge in [-0.15, -0.1) is 0 Å². The van der Waals surface area contributed by atoms with E-state index in [0.29, 0.717) is 0 Å². The van der Waals surface area contributed by atoms with Crippen LogP contribution in [0.2, 0.25) is 0 Å². The number of nitrogens with one attached hydrogen (secondary N) is 2. The van der Waals surface area contributed by atoms with Crippen LogP contribution in [0.1, 0.15) is 25.0 Å². The van der Waals surface area contributed by atoms with Gasteiger partial charge in [-0.1, -0.05) is 0 Å². The second-order valence-corrected chi connectivity index (χ2v) is 4.74. The number of imidazole rings is 1. The SMILES string of the molecule is c1ncc(CN2CCC3CCC(C2)N3)[nH]1. The molecule has 3 heterocycles. The van der Waals surface area contributed by atoms with E-state index in [9.17, 15) is 0 Å². The summed E-state index contributed by atoms with van der Waals surface area (Å²) < 4.78 is 0. The summed E-state index contributed by atoms with van der Waals surface area (Å²) in [6, 6.07) is 1.50. The van der Waals surface area contributed by atoms with Crippen LogP contribution in [0.25, 0.3) is 0 Å². The van der Waals surface area contributed by atoms with E-state index in [0.717, 1.165) is 18.6 Å². The predicted molar refractivity (Wildman–Crippen MR) is 58.4 cm³/mol. The largest absolute Gasteiger partial charge is 0.347 e. The molecule has 4 nitrogen and oxygen atoms in total. The van der Waals surface area contributed by atoms with E-state index < -0.39 is 0 Å². The highest BCUT2D eigenvalue weighted by Gasteiger charge is 2.29. The topological polar surface area (TPSA) is 44.0 Å². The lowest BCUT2D eigenvalue weighted by Gasteiger charge is -2.22. The summed E-state index contributed by atoms with van der Waals surface area (Å²) in [4.78, 5) is 9.77. The van der Waals surface area contributed by atoms with Crippen molar-refractivity contribution >= 4 is 0 Å². The maximum atomic E-state index is 4.06. The Balaban J connectivity index is 1.62. The van der Waals surface area contributed by atoms with Gasteiger partial charge in [-0.25, -0.2) is 4.98 Å². The van der Waals surface area contributed by atoms with Crippen LogP contribution in [0.15, 0.2) is 12.5 Å². The van der Waals surface area contributed by atoms with Gasteiger partial charge in [0.25, 0.3) is 0 Å². The van der Waals surface area contributed by atoms with E-state index in [2.05, 4.69) is 20.2 Å². The molecule has 2 bridgehead atoms. The van der Waals surface area contributed by atoms with Crippen molar-refractivity contribution in [2.45, 2.75) is 37.9 Å². The Labute approximate surface area is 90.1 Å². The number of hydrogen-bond acceptors (Lipinski definition) is 3. The van der Waals surface area contributed by atoms with Crippen molar-refractivity contribution in [3.05, 3.63) is 18.2 Å². The first-order valence-corrected chi connectivity index (χ1v) is 5.86. The summed E-state index contributed by atoms with van der Waals surface area (Å²) in [6.07, 6.45) is 7.71. The second kappa shape index (κ2) is 3.94. The van der Waals surface area contributed by atoms with Crippen molar-refractivity contribution in [3.63, 3.8) is 0 Å². The molecule has 15 heavy (non-hydrogen) atoms. The van der Waals surface area contributed by atoms with Crippen LogP contribution in [0.5, 0.6) is 0 Å². The van der Waals surface area contributed by atoms with Gasteiger partial charge in [0, 0.05) is 43.6 Å². The molecule has 2 atom stereocenters. The third-order valence-electron chi connectivity index (χ3n) is 3.56. The lowest BCUT2D eigenvalue weighted by Crippen LogP contribution is -2.35. The van der Waals surface area contributed by atoms with E-state index in [1.54, 1.807) is 6.33 Å². The molecular formula is C11H18N4. The van der Waals surface area contributed by atoms with Crippen molar-refractivity contribution in [3.8, 4) is 0 Å². The van der Waals surface area contributed by atoms with Gasteiger partial charge in [0.1, 0.15) is 0 Å². The molecule has 1 aromatic rings. The van der Waals surface area contributed by atoms with Crippen LogP contribution in [0.3, 0.4) is 0 Å². The Kier molecular flexibility index (Phi) is 2.46. The van der Waals surface area contributed by atoms with Gasteiger partial charge >= 0.3 is 0 Å². The third-order valence-corrected chi connectivity index (χ3v) is 3.56. The van der Waals surface area contributed by atoms with Crippen LogP contribution >= 0.6 is 0 Å². The van der Waals surface area contributed by atoms with Crippen molar-refractivity contribution in [2.24, 2.45) is 0 Å². The summed E-state index contributed by atoms with van der Waals surface area (Å²) in [5, 5.41) is 3.69. The molecule has 0 radical (unpaired) electrons. The number of aromatic amines is 1. The lowest BCUT2D eigenvalue weighted by atomic mass is 10.1. The first-order chi connectivity index (χ1) is 7.40. The molecule has 2 unspecified atom stereocenters. The zero-order chi connectivity index (χ0) is 10.1. The molecule has 2 fully saturated rings. The fourth-order valence-electron chi connectivity index (χ4n) is 2.77. The zero-order valence-corrected chi connectivity index (χ0v) is 8.95. The van der Waals surface area contributed by atoms with Gasteiger partial charge in [0.05, 0.1) is 6.33 Å². The van der Waals surface area contributed by atoms with E-state index >= 15 is 0 Å². The maximum Gasteiger partial charge on any atom is 0.0922 e. The number of hydrogen-bond donors (Lipinski definition) is 2. The first-order valence-electron chi connectivity index (χ1n) is 5.86. The molecule has 82 valence electrons. The Morgan fingerprint density at radius 2 is 2.27 bits per heavy atom. The number of likely N-dealkylation sites (tertiary alicyclic amines) is 1. The third kappa shape index (κ3) is 2.06. The molecule has 3 rings (SSSR count). The Morgan fingerprint density at radius 3 is 3.13 bits per heavy atom. The number of aromatic nitrogens is 2.